The number of halogens is 2. The summed E-state index contributed by atoms with van der Waals surface area (Å²) in [5, 5.41) is 7.74. The maximum atomic E-state index is 11.8. The molecule has 0 aromatic carbocycles. The third kappa shape index (κ3) is 4.70. The molecule has 0 rings (SSSR count). The first-order valence-electron chi connectivity index (χ1n) is 2.11. The first-order chi connectivity index (χ1) is 4.00. The van der Waals surface area contributed by atoms with Gasteiger partial charge in [-0.3, -0.25) is 0 Å². The molecule has 0 heterocycles. The van der Waals surface area contributed by atoms with Crippen LogP contribution in [0.4, 0.5) is 8.78 Å². The molecule has 0 amide bonds. The van der Waals surface area contributed by atoms with Crippen molar-refractivity contribution in [3.05, 3.63) is 0 Å². The maximum absolute atomic E-state index is 11.8. The molecule has 0 aliphatic carbocycles. The third-order valence-corrected chi connectivity index (χ3v) is 0.639. The van der Waals surface area contributed by atoms with Gasteiger partial charge in [0.2, 0.25) is 0 Å². The molecule has 10 heavy (non-hydrogen) atoms. The van der Waals surface area contributed by atoms with E-state index in [0.29, 0.717) is 0 Å². The zero-order chi connectivity index (χ0) is 7.49. The summed E-state index contributed by atoms with van der Waals surface area (Å²) in [6.07, 6.45) is 0. The third-order valence-electron chi connectivity index (χ3n) is 0.639. The Morgan fingerprint density at radius 1 is 1.80 bits per heavy atom. The van der Waals surface area contributed by atoms with Crippen LogP contribution in [-0.4, -0.2) is 30.7 Å². The summed E-state index contributed by atoms with van der Waals surface area (Å²) in [7, 11) is 1.01. The Labute approximate surface area is 101 Å². The van der Waals surface area contributed by atoms with Crippen LogP contribution in [0.3, 0.4) is 0 Å². The zero-order valence-corrected chi connectivity index (χ0v) is 8.85. The van der Waals surface area contributed by atoms with Gasteiger partial charge in [-0.1, -0.05) is 0 Å². The summed E-state index contributed by atoms with van der Waals surface area (Å²) in [6, 6.07) is 0. The Hall–Kier alpha value is 0.926. The average molecular weight is 180 g/mol. The van der Waals surface area contributed by atoms with Crippen LogP contribution in [0, 0.1) is 0 Å². The van der Waals surface area contributed by atoms with Gasteiger partial charge < -0.3 is 11.3 Å². The van der Waals surface area contributed by atoms with E-state index in [4.69, 9.17) is 5.11 Å². The van der Waals surface area contributed by atoms with Crippen LogP contribution >= 0.6 is 0 Å². The summed E-state index contributed by atoms with van der Waals surface area (Å²) in [6.45, 7) is -1.08. The van der Waals surface area contributed by atoms with Crippen molar-refractivity contribution in [2.24, 2.45) is 0 Å². The molecule has 0 aromatic rings. The first kappa shape index (κ1) is 13.5. The predicted octanol–water partition coefficient (Wildman–Crippen LogP) is -2.53. The van der Waals surface area contributed by atoms with E-state index in [-0.39, 0.29) is 52.8 Å². The Morgan fingerprint density at radius 3 is 2.30 bits per heavy atom. The monoisotopic (exact) mass is 180 g/mol. The first-order valence-corrected chi connectivity index (χ1v) is 2.11. The number of alkyl halides is 2. The molecular formula is C4H7F2KO3. The number of carboxylic acids is 1. The molecule has 0 aromatic heterocycles. The van der Waals surface area contributed by atoms with Crippen LogP contribution in [0.2, 0.25) is 0 Å². The zero-order valence-electron chi connectivity index (χ0n) is 6.73. The van der Waals surface area contributed by atoms with E-state index < -0.39 is 18.5 Å². The summed E-state index contributed by atoms with van der Waals surface area (Å²) in [4.78, 5) is 9.58. The molecule has 0 aliphatic heterocycles. The van der Waals surface area contributed by atoms with Gasteiger partial charge in [0.1, 0.15) is 6.61 Å². The minimum atomic E-state index is -3.76. The number of hydrogen-bond acceptors (Lipinski definition) is 2. The summed E-state index contributed by atoms with van der Waals surface area (Å²) in [5.41, 5.74) is 0. The van der Waals surface area contributed by atoms with E-state index >= 15 is 0 Å². The molecule has 0 fully saturated rings. The fourth-order valence-electron chi connectivity index (χ4n) is 0.243. The number of carboxylic acid groups (broad SMARTS) is 1. The molecule has 0 bridgehead atoms. The molecule has 1 N–H and O–H groups in total. The number of carbonyl (C=O) groups is 1. The second-order valence-electron chi connectivity index (χ2n) is 1.44. The molecule has 0 radical (unpaired) electrons. The van der Waals surface area contributed by atoms with Crippen molar-refractivity contribution < 1.29 is 76.2 Å². The van der Waals surface area contributed by atoms with Crippen molar-refractivity contribution in [1.29, 1.82) is 0 Å². The van der Waals surface area contributed by atoms with E-state index in [9.17, 15) is 13.6 Å². The van der Waals surface area contributed by atoms with Crippen LogP contribution in [0.5, 0.6) is 0 Å². The smallest absolute Gasteiger partial charge is 1.00 e. The standard InChI is InChI=1S/C4H6F2O3.K.H/c1-9-2-4(5,6)3(7)8;;/h2H2,1H3,(H,7,8);;/q;+1;-1. The van der Waals surface area contributed by atoms with Gasteiger partial charge in [-0.2, -0.15) is 8.78 Å². The van der Waals surface area contributed by atoms with Gasteiger partial charge in [-0.25, -0.2) is 4.79 Å². The maximum Gasteiger partial charge on any atom is 1.00 e. The second-order valence-corrected chi connectivity index (χ2v) is 1.44. The average Bonchev–Trinajstić information content (AvgIpc) is 1.65. The number of rotatable bonds is 3. The van der Waals surface area contributed by atoms with E-state index in [0.717, 1.165) is 7.11 Å². The minimum absolute atomic E-state index is 0. The molecule has 3 nitrogen and oxygen atoms in total. The van der Waals surface area contributed by atoms with Crippen LogP contribution in [0.1, 0.15) is 1.43 Å². The predicted molar refractivity (Wildman–Crippen MR) is 25.6 cm³/mol. The Morgan fingerprint density at radius 2 is 2.20 bits per heavy atom. The van der Waals surface area contributed by atoms with Gasteiger partial charge in [0.25, 0.3) is 0 Å². The van der Waals surface area contributed by atoms with Crippen molar-refractivity contribution in [3.63, 3.8) is 0 Å². The molecule has 0 saturated carbocycles. The molecular weight excluding hydrogens is 173 g/mol. The number of ether oxygens (including phenoxy) is 1. The largest absolute Gasteiger partial charge is 1.00 e. The summed E-state index contributed by atoms with van der Waals surface area (Å²) < 4.78 is 27.6. The van der Waals surface area contributed by atoms with Crippen molar-refractivity contribution >= 4 is 5.97 Å². The molecule has 56 valence electrons. The van der Waals surface area contributed by atoms with Crippen molar-refractivity contribution in [1.82, 2.24) is 0 Å². The number of hydrogen-bond donors (Lipinski definition) is 1. The SMILES string of the molecule is COCC(F)(F)C(=O)O.[H-].[K+]. The topological polar surface area (TPSA) is 46.5 Å². The van der Waals surface area contributed by atoms with Gasteiger partial charge in [0.15, 0.2) is 0 Å². The quantitative estimate of drug-likeness (QED) is 0.487. The molecule has 6 heteroatoms. The Balaban J connectivity index is -0.000000320. The Bertz CT molecular complexity index is 122. The van der Waals surface area contributed by atoms with E-state index in [2.05, 4.69) is 4.74 Å². The van der Waals surface area contributed by atoms with Gasteiger partial charge in [-0.05, 0) is 0 Å². The number of aliphatic carboxylic acids is 1. The van der Waals surface area contributed by atoms with Crippen molar-refractivity contribution in [2.75, 3.05) is 13.7 Å². The fourth-order valence-corrected chi connectivity index (χ4v) is 0.243. The van der Waals surface area contributed by atoms with Crippen molar-refractivity contribution in [3.8, 4) is 0 Å². The van der Waals surface area contributed by atoms with Crippen molar-refractivity contribution in [2.45, 2.75) is 5.92 Å². The Kier molecular flexibility index (Phi) is 7.51. The second kappa shape index (κ2) is 5.56. The van der Waals surface area contributed by atoms with Gasteiger partial charge in [-0.15, -0.1) is 0 Å². The summed E-state index contributed by atoms with van der Waals surface area (Å²) in [5.74, 6) is -5.92. The number of methoxy groups -OCH3 is 1. The normalized spacial score (nSPS) is 10.3. The van der Waals surface area contributed by atoms with Crippen LogP contribution in [-0.2, 0) is 9.53 Å². The van der Waals surface area contributed by atoms with Crippen LogP contribution in [0.25, 0.3) is 0 Å². The molecule has 0 saturated heterocycles. The van der Waals surface area contributed by atoms with E-state index in [1.807, 2.05) is 0 Å². The molecule has 0 atom stereocenters. The summed E-state index contributed by atoms with van der Waals surface area (Å²) >= 11 is 0. The molecule has 0 spiro atoms. The van der Waals surface area contributed by atoms with E-state index in [1.54, 1.807) is 0 Å². The van der Waals surface area contributed by atoms with E-state index in [1.165, 1.54) is 0 Å². The van der Waals surface area contributed by atoms with Gasteiger partial charge in [0.05, 0.1) is 0 Å². The van der Waals surface area contributed by atoms with Crippen LogP contribution < -0.4 is 51.4 Å². The van der Waals surface area contributed by atoms with Gasteiger partial charge >= 0.3 is 63.3 Å². The molecule has 0 unspecified atom stereocenters. The minimum Gasteiger partial charge on any atom is -1.00 e. The van der Waals surface area contributed by atoms with Gasteiger partial charge in [0, 0.05) is 7.11 Å². The van der Waals surface area contributed by atoms with Crippen LogP contribution in [0.15, 0.2) is 0 Å². The fraction of sp³-hybridized carbons (Fsp3) is 0.750. The molecule has 0 aliphatic rings.